The smallest absolute Gasteiger partial charge is 0.280 e. The number of hydrogen-bond donors (Lipinski definition) is 1. The van der Waals surface area contributed by atoms with E-state index in [0.717, 1.165) is 0 Å². The molecule has 0 unspecified atom stereocenters. The summed E-state index contributed by atoms with van der Waals surface area (Å²) < 4.78 is 2.22. The maximum atomic E-state index is 11.0. The van der Waals surface area contributed by atoms with Crippen molar-refractivity contribution in [1.82, 2.24) is 14.8 Å². The van der Waals surface area contributed by atoms with E-state index in [4.69, 9.17) is 12.2 Å². The van der Waals surface area contributed by atoms with Gasteiger partial charge in [0.25, 0.3) is 5.69 Å². The second-order valence-electron chi connectivity index (χ2n) is 4.09. The summed E-state index contributed by atoms with van der Waals surface area (Å²) in [7, 11) is 0. The van der Waals surface area contributed by atoms with Crippen LogP contribution in [0.1, 0.15) is 19.9 Å². The zero-order chi connectivity index (χ0) is 13.3. The molecule has 2 rings (SSSR count). The van der Waals surface area contributed by atoms with Gasteiger partial charge in [0.05, 0.1) is 10.5 Å². The fourth-order valence-corrected chi connectivity index (χ4v) is 2.14. The van der Waals surface area contributed by atoms with E-state index in [0.29, 0.717) is 16.2 Å². The SMILES string of the molecule is CC(C)n1c(-c2ccccc2[N+](=O)[O-])n[nH]c1=S. The third-order valence-electron chi connectivity index (χ3n) is 2.56. The highest BCUT2D eigenvalue weighted by Gasteiger charge is 2.20. The Morgan fingerprint density at radius 1 is 1.44 bits per heavy atom. The summed E-state index contributed by atoms with van der Waals surface area (Å²) in [5.74, 6) is 0.488. The van der Waals surface area contributed by atoms with Crippen molar-refractivity contribution in [1.29, 1.82) is 0 Å². The van der Waals surface area contributed by atoms with E-state index in [-0.39, 0.29) is 11.7 Å². The second-order valence-corrected chi connectivity index (χ2v) is 4.48. The molecule has 0 amide bonds. The van der Waals surface area contributed by atoms with Gasteiger partial charge in [-0.05, 0) is 32.1 Å². The minimum Gasteiger partial charge on any atom is -0.297 e. The molecule has 18 heavy (non-hydrogen) atoms. The Balaban J connectivity index is 2.70. The highest BCUT2D eigenvalue weighted by atomic mass is 32.1. The molecule has 0 bridgehead atoms. The molecule has 0 aliphatic carbocycles. The Labute approximate surface area is 108 Å². The molecule has 6 nitrogen and oxygen atoms in total. The molecule has 1 aromatic carbocycles. The molecule has 0 aliphatic heterocycles. The molecule has 1 heterocycles. The summed E-state index contributed by atoms with van der Waals surface area (Å²) in [5, 5.41) is 17.8. The van der Waals surface area contributed by atoms with Crippen LogP contribution >= 0.6 is 12.2 Å². The third-order valence-corrected chi connectivity index (χ3v) is 2.85. The molecule has 2 aromatic rings. The van der Waals surface area contributed by atoms with Gasteiger partial charge in [-0.25, -0.2) is 0 Å². The number of rotatable bonds is 3. The van der Waals surface area contributed by atoms with Crippen molar-refractivity contribution in [3.05, 3.63) is 39.2 Å². The van der Waals surface area contributed by atoms with Crippen molar-refractivity contribution in [2.75, 3.05) is 0 Å². The van der Waals surface area contributed by atoms with E-state index in [1.807, 2.05) is 13.8 Å². The van der Waals surface area contributed by atoms with Crippen LogP contribution in [-0.4, -0.2) is 19.7 Å². The van der Waals surface area contributed by atoms with Gasteiger partial charge in [0.2, 0.25) is 0 Å². The van der Waals surface area contributed by atoms with E-state index in [1.165, 1.54) is 6.07 Å². The standard InChI is InChI=1S/C11H12N4O2S/c1-7(2)14-10(12-13-11(14)18)8-5-3-4-6-9(8)15(16)17/h3-7H,1-2H3,(H,13,18). The summed E-state index contributed by atoms with van der Waals surface area (Å²) >= 11 is 5.13. The van der Waals surface area contributed by atoms with Gasteiger partial charge in [-0.2, -0.15) is 5.10 Å². The maximum absolute atomic E-state index is 11.0. The Kier molecular flexibility index (Phi) is 3.24. The highest BCUT2D eigenvalue weighted by Crippen LogP contribution is 2.29. The molecular weight excluding hydrogens is 252 g/mol. The number of hydrogen-bond acceptors (Lipinski definition) is 4. The monoisotopic (exact) mass is 264 g/mol. The van der Waals surface area contributed by atoms with Crippen LogP contribution in [0.3, 0.4) is 0 Å². The average Bonchev–Trinajstić information content (AvgIpc) is 2.71. The van der Waals surface area contributed by atoms with Crippen molar-refractivity contribution >= 4 is 17.9 Å². The van der Waals surface area contributed by atoms with Crippen LogP contribution in [0.15, 0.2) is 24.3 Å². The van der Waals surface area contributed by atoms with Crippen LogP contribution in [0.5, 0.6) is 0 Å². The molecule has 1 aromatic heterocycles. The van der Waals surface area contributed by atoms with Crippen LogP contribution in [0, 0.1) is 14.9 Å². The molecule has 0 saturated carbocycles. The number of H-pyrrole nitrogens is 1. The van der Waals surface area contributed by atoms with E-state index < -0.39 is 4.92 Å². The first-order chi connectivity index (χ1) is 8.52. The van der Waals surface area contributed by atoms with Crippen LogP contribution < -0.4 is 0 Å². The number of aromatic nitrogens is 3. The molecule has 0 saturated heterocycles. The highest BCUT2D eigenvalue weighted by molar-refractivity contribution is 7.71. The quantitative estimate of drug-likeness (QED) is 0.525. The Bertz CT molecular complexity index is 644. The Hall–Kier alpha value is -2.02. The number of nitrogens with zero attached hydrogens (tertiary/aromatic N) is 3. The summed E-state index contributed by atoms with van der Waals surface area (Å²) in [6.45, 7) is 3.90. The fourth-order valence-electron chi connectivity index (χ4n) is 1.80. The predicted octanol–water partition coefficient (Wildman–Crippen LogP) is 3.10. The lowest BCUT2D eigenvalue weighted by Crippen LogP contribution is -2.04. The molecule has 0 radical (unpaired) electrons. The van der Waals surface area contributed by atoms with E-state index in [9.17, 15) is 10.1 Å². The second kappa shape index (κ2) is 4.69. The zero-order valence-electron chi connectivity index (χ0n) is 9.95. The fraction of sp³-hybridized carbons (Fsp3) is 0.273. The first-order valence-electron chi connectivity index (χ1n) is 5.43. The van der Waals surface area contributed by atoms with Gasteiger partial charge in [-0.15, -0.1) is 0 Å². The first-order valence-corrected chi connectivity index (χ1v) is 5.84. The van der Waals surface area contributed by atoms with Crippen molar-refractivity contribution < 1.29 is 4.92 Å². The van der Waals surface area contributed by atoms with Crippen molar-refractivity contribution in [2.24, 2.45) is 0 Å². The maximum Gasteiger partial charge on any atom is 0.280 e. The third kappa shape index (κ3) is 2.04. The van der Waals surface area contributed by atoms with Gasteiger partial charge in [-0.1, -0.05) is 12.1 Å². The lowest BCUT2D eigenvalue weighted by atomic mass is 10.1. The van der Waals surface area contributed by atoms with Gasteiger partial charge in [0.15, 0.2) is 10.6 Å². The first kappa shape index (κ1) is 12.4. The largest absolute Gasteiger partial charge is 0.297 e. The lowest BCUT2D eigenvalue weighted by Gasteiger charge is -2.10. The summed E-state index contributed by atoms with van der Waals surface area (Å²) in [6.07, 6.45) is 0. The van der Waals surface area contributed by atoms with E-state index in [1.54, 1.807) is 22.8 Å². The number of para-hydroxylation sites is 1. The van der Waals surface area contributed by atoms with Crippen molar-refractivity contribution in [3.63, 3.8) is 0 Å². The van der Waals surface area contributed by atoms with Crippen molar-refractivity contribution in [2.45, 2.75) is 19.9 Å². The van der Waals surface area contributed by atoms with Crippen LogP contribution in [0.4, 0.5) is 5.69 Å². The predicted molar refractivity (Wildman–Crippen MR) is 69.9 cm³/mol. The number of nitrogens with one attached hydrogen (secondary N) is 1. The molecule has 94 valence electrons. The topological polar surface area (TPSA) is 76.8 Å². The molecular formula is C11H12N4O2S. The van der Waals surface area contributed by atoms with Crippen LogP contribution in [0.25, 0.3) is 11.4 Å². The molecule has 1 N–H and O–H groups in total. The Morgan fingerprint density at radius 2 is 2.11 bits per heavy atom. The molecule has 0 fully saturated rings. The minimum absolute atomic E-state index is 0.0217. The summed E-state index contributed by atoms with van der Waals surface area (Å²) in [5.41, 5.74) is 0.483. The molecule has 7 heteroatoms. The number of aromatic amines is 1. The lowest BCUT2D eigenvalue weighted by molar-refractivity contribution is -0.384. The van der Waals surface area contributed by atoms with Gasteiger partial charge in [0.1, 0.15) is 0 Å². The van der Waals surface area contributed by atoms with Crippen LogP contribution in [0.2, 0.25) is 0 Å². The average molecular weight is 264 g/mol. The summed E-state index contributed by atoms with van der Waals surface area (Å²) in [6, 6.07) is 6.57. The number of nitro groups is 1. The van der Waals surface area contributed by atoms with E-state index in [2.05, 4.69) is 10.2 Å². The van der Waals surface area contributed by atoms with Gasteiger partial charge >= 0.3 is 0 Å². The zero-order valence-corrected chi connectivity index (χ0v) is 10.8. The van der Waals surface area contributed by atoms with Crippen LogP contribution in [-0.2, 0) is 0 Å². The van der Waals surface area contributed by atoms with Crippen molar-refractivity contribution in [3.8, 4) is 11.4 Å². The molecule has 0 spiro atoms. The Morgan fingerprint density at radius 3 is 2.72 bits per heavy atom. The van der Waals surface area contributed by atoms with E-state index >= 15 is 0 Å². The number of nitro benzene ring substituents is 1. The van der Waals surface area contributed by atoms with Gasteiger partial charge in [0, 0.05) is 12.1 Å². The minimum atomic E-state index is -0.419. The van der Waals surface area contributed by atoms with Gasteiger partial charge in [-0.3, -0.25) is 19.8 Å². The normalized spacial score (nSPS) is 10.8. The number of benzene rings is 1. The molecule has 0 atom stereocenters. The van der Waals surface area contributed by atoms with Gasteiger partial charge < -0.3 is 0 Å². The molecule has 0 aliphatic rings. The summed E-state index contributed by atoms with van der Waals surface area (Å²) in [4.78, 5) is 10.6.